The van der Waals surface area contributed by atoms with Crippen LogP contribution in [-0.4, -0.2) is 32.7 Å². The van der Waals surface area contributed by atoms with Gasteiger partial charge in [0.15, 0.2) is 0 Å². The average Bonchev–Trinajstić information content (AvgIpc) is 2.70. The Kier molecular flexibility index (Phi) is 8.83. The van der Waals surface area contributed by atoms with E-state index in [9.17, 15) is 13.2 Å². The lowest BCUT2D eigenvalue weighted by Gasteiger charge is -2.29. The summed E-state index contributed by atoms with van der Waals surface area (Å²) in [6, 6.07) is 14.8. The van der Waals surface area contributed by atoms with Crippen LogP contribution < -0.4 is 9.64 Å². The summed E-state index contributed by atoms with van der Waals surface area (Å²) in [4.78, 5) is 2.40. The van der Waals surface area contributed by atoms with Gasteiger partial charge < -0.3 is 14.4 Å². The fourth-order valence-electron chi connectivity index (χ4n) is 3.05. The predicted octanol–water partition coefficient (Wildman–Crippen LogP) is 6.18. The number of hydrogen-bond acceptors (Lipinski definition) is 3. The number of anilines is 1. The van der Waals surface area contributed by atoms with E-state index in [1.165, 1.54) is 23.4 Å². The Balaban J connectivity index is 0.000000208. The fraction of sp³-hybridized carbons (Fsp3) is 0.478. The summed E-state index contributed by atoms with van der Waals surface area (Å²) in [6.45, 7) is 10.2. The summed E-state index contributed by atoms with van der Waals surface area (Å²) in [5, 5.41) is 0. The van der Waals surface area contributed by atoms with Gasteiger partial charge in [0.2, 0.25) is 0 Å². The summed E-state index contributed by atoms with van der Waals surface area (Å²) < 4.78 is 44.4. The zero-order valence-corrected chi connectivity index (χ0v) is 17.3. The molecule has 29 heavy (non-hydrogen) atoms. The van der Waals surface area contributed by atoms with Crippen molar-refractivity contribution in [3.63, 3.8) is 0 Å². The third kappa shape index (κ3) is 8.36. The number of benzene rings is 2. The van der Waals surface area contributed by atoms with E-state index in [0.717, 1.165) is 44.7 Å². The van der Waals surface area contributed by atoms with Crippen LogP contribution in [0, 0.1) is 0 Å². The highest BCUT2D eigenvalue weighted by atomic mass is 19.4. The molecule has 1 saturated heterocycles. The third-order valence-electron chi connectivity index (χ3n) is 4.61. The van der Waals surface area contributed by atoms with Gasteiger partial charge in [0.1, 0.15) is 5.75 Å². The van der Waals surface area contributed by atoms with Crippen LogP contribution in [0.25, 0.3) is 0 Å². The van der Waals surface area contributed by atoms with Crippen LogP contribution in [0.15, 0.2) is 48.5 Å². The second-order valence-corrected chi connectivity index (χ2v) is 7.29. The maximum Gasteiger partial charge on any atom is 0.573 e. The number of hydrogen-bond donors (Lipinski definition) is 0. The monoisotopic (exact) mass is 409 g/mol. The van der Waals surface area contributed by atoms with E-state index in [0.29, 0.717) is 5.92 Å². The highest BCUT2D eigenvalue weighted by molar-refractivity contribution is 5.49. The van der Waals surface area contributed by atoms with E-state index in [1.807, 2.05) is 6.92 Å². The molecule has 1 aliphatic heterocycles. The summed E-state index contributed by atoms with van der Waals surface area (Å²) in [5.74, 6) is 0.434. The standard InChI is InChI=1S/C13H19NO.C10H11F3O/c1-11(2)12-4-3-5-13(10-12)14-6-8-15-9-7-14;1-2-3-8-4-6-9(7-5-8)14-10(11,12)13/h3-5,10-11H,6-9H2,1-2H3;4-7H,2-3H2,1H3. The summed E-state index contributed by atoms with van der Waals surface area (Å²) >= 11 is 0. The van der Waals surface area contributed by atoms with E-state index in [1.54, 1.807) is 12.1 Å². The van der Waals surface area contributed by atoms with Gasteiger partial charge in [-0.3, -0.25) is 0 Å². The van der Waals surface area contributed by atoms with Gasteiger partial charge in [-0.1, -0.05) is 51.5 Å². The van der Waals surface area contributed by atoms with Crippen molar-refractivity contribution in [3.05, 3.63) is 59.7 Å². The number of aryl methyl sites for hydroxylation is 1. The van der Waals surface area contributed by atoms with Crippen LogP contribution in [0.2, 0.25) is 0 Å². The van der Waals surface area contributed by atoms with Crippen molar-refractivity contribution >= 4 is 5.69 Å². The van der Waals surface area contributed by atoms with Crippen molar-refractivity contribution in [1.29, 1.82) is 0 Å². The highest BCUT2D eigenvalue weighted by Gasteiger charge is 2.30. The molecule has 3 rings (SSSR count). The molecule has 0 aromatic heterocycles. The van der Waals surface area contributed by atoms with Gasteiger partial charge in [0.25, 0.3) is 0 Å². The molecule has 0 spiro atoms. The number of rotatable bonds is 5. The molecule has 160 valence electrons. The Hall–Kier alpha value is -2.21. The maximum atomic E-state index is 11.8. The van der Waals surface area contributed by atoms with Crippen LogP contribution in [0.3, 0.4) is 0 Å². The Morgan fingerprint density at radius 1 is 1.03 bits per heavy atom. The third-order valence-corrected chi connectivity index (χ3v) is 4.61. The van der Waals surface area contributed by atoms with Crippen LogP contribution in [-0.2, 0) is 11.2 Å². The van der Waals surface area contributed by atoms with Crippen LogP contribution in [0.5, 0.6) is 5.75 Å². The van der Waals surface area contributed by atoms with Crippen molar-refractivity contribution in [1.82, 2.24) is 0 Å². The first-order valence-electron chi connectivity index (χ1n) is 10.1. The van der Waals surface area contributed by atoms with E-state index in [-0.39, 0.29) is 5.75 Å². The molecule has 1 heterocycles. The molecule has 3 nitrogen and oxygen atoms in total. The topological polar surface area (TPSA) is 21.7 Å². The van der Waals surface area contributed by atoms with E-state index in [4.69, 9.17) is 4.74 Å². The van der Waals surface area contributed by atoms with E-state index >= 15 is 0 Å². The summed E-state index contributed by atoms with van der Waals surface area (Å²) in [7, 11) is 0. The molecular formula is C23H30F3NO2. The Bertz CT molecular complexity index is 724. The molecule has 0 N–H and O–H groups in total. The molecule has 6 heteroatoms. The van der Waals surface area contributed by atoms with Crippen LogP contribution in [0.4, 0.5) is 18.9 Å². The van der Waals surface area contributed by atoms with Crippen molar-refractivity contribution in [3.8, 4) is 5.75 Å². The Morgan fingerprint density at radius 2 is 1.69 bits per heavy atom. The molecule has 0 atom stereocenters. The zero-order chi connectivity index (χ0) is 21.3. The second kappa shape index (κ2) is 11.1. The van der Waals surface area contributed by atoms with Gasteiger partial charge in [-0.05, 0) is 47.7 Å². The molecule has 0 saturated carbocycles. The summed E-state index contributed by atoms with van der Waals surface area (Å²) in [6.07, 6.45) is -2.77. The first-order valence-corrected chi connectivity index (χ1v) is 10.1. The van der Waals surface area contributed by atoms with Gasteiger partial charge in [-0.15, -0.1) is 13.2 Å². The largest absolute Gasteiger partial charge is 0.573 e. The highest BCUT2D eigenvalue weighted by Crippen LogP contribution is 2.23. The lowest BCUT2D eigenvalue weighted by Crippen LogP contribution is -2.36. The SMILES string of the molecule is CC(C)c1cccc(N2CCOCC2)c1.CCCc1ccc(OC(F)(F)F)cc1. The molecule has 0 unspecified atom stereocenters. The molecular weight excluding hydrogens is 379 g/mol. The Labute approximate surface area is 171 Å². The summed E-state index contributed by atoms with van der Waals surface area (Å²) in [5.41, 5.74) is 3.77. The minimum absolute atomic E-state index is 0.169. The fourth-order valence-corrected chi connectivity index (χ4v) is 3.05. The molecule has 0 radical (unpaired) electrons. The molecule has 1 aliphatic rings. The molecule has 0 aliphatic carbocycles. The number of halogens is 3. The van der Waals surface area contributed by atoms with Crippen LogP contribution >= 0.6 is 0 Å². The normalized spacial score (nSPS) is 14.4. The van der Waals surface area contributed by atoms with Crippen LogP contribution in [0.1, 0.15) is 44.2 Å². The molecule has 2 aromatic rings. The molecule has 0 amide bonds. The number of morpholine rings is 1. The van der Waals surface area contributed by atoms with Gasteiger partial charge >= 0.3 is 6.36 Å². The minimum atomic E-state index is -4.60. The second-order valence-electron chi connectivity index (χ2n) is 7.29. The molecule has 0 bridgehead atoms. The first-order chi connectivity index (χ1) is 13.8. The van der Waals surface area contributed by atoms with Gasteiger partial charge in [0, 0.05) is 18.8 Å². The average molecular weight is 409 g/mol. The Morgan fingerprint density at radius 3 is 2.24 bits per heavy atom. The van der Waals surface area contributed by atoms with Crippen molar-refractivity contribution in [2.45, 2.75) is 45.9 Å². The van der Waals surface area contributed by atoms with Gasteiger partial charge in [-0.25, -0.2) is 0 Å². The smallest absolute Gasteiger partial charge is 0.406 e. The van der Waals surface area contributed by atoms with E-state index in [2.05, 4.69) is 47.7 Å². The predicted molar refractivity (Wildman–Crippen MR) is 111 cm³/mol. The van der Waals surface area contributed by atoms with Crippen molar-refractivity contribution in [2.24, 2.45) is 0 Å². The first kappa shape index (κ1) is 23.1. The molecule has 1 fully saturated rings. The maximum absolute atomic E-state index is 11.8. The number of ether oxygens (including phenoxy) is 2. The number of nitrogens with zero attached hydrogens (tertiary/aromatic N) is 1. The lowest BCUT2D eigenvalue weighted by atomic mass is 10.0. The van der Waals surface area contributed by atoms with Crippen molar-refractivity contribution < 1.29 is 22.6 Å². The molecule has 2 aromatic carbocycles. The van der Waals surface area contributed by atoms with Crippen molar-refractivity contribution in [2.75, 3.05) is 31.2 Å². The van der Waals surface area contributed by atoms with E-state index < -0.39 is 6.36 Å². The van der Waals surface area contributed by atoms with Gasteiger partial charge in [-0.2, -0.15) is 0 Å². The number of alkyl halides is 3. The zero-order valence-electron chi connectivity index (χ0n) is 17.3. The van der Waals surface area contributed by atoms with Gasteiger partial charge in [0.05, 0.1) is 13.2 Å². The lowest BCUT2D eigenvalue weighted by molar-refractivity contribution is -0.274. The minimum Gasteiger partial charge on any atom is -0.406 e. The quantitative estimate of drug-likeness (QED) is 0.588.